The highest BCUT2D eigenvalue weighted by Crippen LogP contribution is 2.17. The average molecular weight is 308 g/mol. The van der Waals surface area contributed by atoms with E-state index < -0.39 is 24.7 Å². The van der Waals surface area contributed by atoms with Crippen molar-refractivity contribution in [2.45, 2.75) is 20.0 Å². The predicted octanol–water partition coefficient (Wildman–Crippen LogP) is 1.64. The third kappa shape index (κ3) is 4.78. The molecule has 0 atom stereocenters. The summed E-state index contributed by atoms with van der Waals surface area (Å²) in [6, 6.07) is 0. The molecule has 0 aliphatic heterocycles. The lowest BCUT2D eigenvalue weighted by molar-refractivity contribution is -0.173. The molecule has 0 saturated heterocycles. The number of hydrogen-bond acceptors (Lipinski definition) is 3. The Balaban J connectivity index is 2.55. The van der Waals surface area contributed by atoms with Gasteiger partial charge in [0.2, 0.25) is 0 Å². The molecule has 21 heavy (non-hydrogen) atoms. The summed E-state index contributed by atoms with van der Waals surface area (Å²) in [4.78, 5) is 25.4. The van der Waals surface area contributed by atoms with Gasteiger partial charge in [0.05, 0.1) is 12.2 Å². The van der Waals surface area contributed by atoms with Gasteiger partial charge in [-0.2, -0.15) is 13.2 Å². The molecule has 6 nitrogen and oxygen atoms in total. The van der Waals surface area contributed by atoms with Crippen LogP contribution in [0.2, 0.25) is 0 Å². The number of aryl methyl sites for hydroxylation is 1. The molecular weight excluding hydrogens is 293 g/mol. The Morgan fingerprint density at radius 1 is 1.33 bits per heavy atom. The van der Waals surface area contributed by atoms with Gasteiger partial charge in [-0.15, -0.1) is 0 Å². The van der Waals surface area contributed by atoms with Crippen LogP contribution >= 0.6 is 0 Å². The first-order valence-corrected chi connectivity index (χ1v) is 5.98. The summed E-state index contributed by atoms with van der Waals surface area (Å²) in [6.45, 7) is 1.23. The summed E-state index contributed by atoms with van der Waals surface area (Å²) >= 11 is 0. The summed E-state index contributed by atoms with van der Waals surface area (Å²) in [5, 5.41) is 11.3. The number of carboxylic acid groups (broad SMARTS) is 1. The monoisotopic (exact) mass is 308 g/mol. The molecule has 1 aromatic heterocycles. The fourth-order valence-corrected chi connectivity index (χ4v) is 1.82. The van der Waals surface area contributed by atoms with Crippen molar-refractivity contribution in [2.24, 2.45) is 0 Å². The van der Waals surface area contributed by atoms with Gasteiger partial charge >= 0.3 is 12.1 Å². The molecule has 0 saturated carbocycles. The minimum atomic E-state index is -4.41. The van der Waals surface area contributed by atoms with E-state index in [1.165, 1.54) is 13.8 Å². The lowest BCUT2D eigenvalue weighted by atomic mass is 10.1. The number of hydrogen-bond donors (Lipinski definition) is 3. The number of carbonyl (C=O) groups excluding carboxylic acids is 1. The van der Waals surface area contributed by atoms with Crippen molar-refractivity contribution in [3.63, 3.8) is 0 Å². The predicted molar refractivity (Wildman–Crippen MR) is 66.4 cm³/mol. The maximum Gasteiger partial charge on any atom is 0.411 e. The van der Waals surface area contributed by atoms with Crippen LogP contribution < -0.4 is 5.32 Å². The second kappa shape index (κ2) is 6.61. The molecule has 1 rings (SSSR count). The van der Waals surface area contributed by atoms with Gasteiger partial charge in [0, 0.05) is 12.2 Å². The van der Waals surface area contributed by atoms with Crippen molar-refractivity contribution >= 4 is 11.9 Å². The van der Waals surface area contributed by atoms with Crippen LogP contribution in [0.4, 0.5) is 13.2 Å². The third-order valence-electron chi connectivity index (χ3n) is 2.68. The number of nitrogens with one attached hydrogen (secondary N) is 2. The number of alkyl halides is 3. The van der Waals surface area contributed by atoms with Crippen LogP contribution in [-0.4, -0.2) is 47.9 Å². The fourth-order valence-electron chi connectivity index (χ4n) is 1.82. The van der Waals surface area contributed by atoms with Gasteiger partial charge in [0.25, 0.3) is 5.91 Å². The van der Waals surface area contributed by atoms with Crippen molar-refractivity contribution in [3.8, 4) is 0 Å². The van der Waals surface area contributed by atoms with Crippen LogP contribution in [0.15, 0.2) is 0 Å². The highest BCUT2D eigenvalue weighted by atomic mass is 19.4. The minimum absolute atomic E-state index is 0.0917. The maximum absolute atomic E-state index is 11.9. The molecule has 0 unspecified atom stereocenters. The lowest BCUT2D eigenvalue weighted by Crippen LogP contribution is -2.29. The second-order valence-electron chi connectivity index (χ2n) is 4.35. The summed E-state index contributed by atoms with van der Waals surface area (Å²) in [7, 11) is 0. The summed E-state index contributed by atoms with van der Waals surface area (Å²) in [5.74, 6) is -1.76. The Morgan fingerprint density at radius 3 is 2.43 bits per heavy atom. The Kier molecular flexibility index (Phi) is 5.36. The van der Waals surface area contributed by atoms with E-state index in [1.807, 2.05) is 0 Å². The van der Waals surface area contributed by atoms with Crippen molar-refractivity contribution in [2.75, 3.05) is 19.8 Å². The number of H-pyrrole nitrogens is 1. The Bertz CT molecular complexity index is 537. The number of aromatic nitrogens is 1. The summed E-state index contributed by atoms with van der Waals surface area (Å²) < 4.78 is 39.8. The molecule has 1 heterocycles. The average Bonchev–Trinajstić information content (AvgIpc) is 2.63. The zero-order valence-corrected chi connectivity index (χ0v) is 11.4. The number of halogens is 3. The van der Waals surface area contributed by atoms with Gasteiger partial charge in [-0.3, -0.25) is 4.79 Å². The van der Waals surface area contributed by atoms with Crippen LogP contribution in [-0.2, 0) is 4.74 Å². The first-order chi connectivity index (χ1) is 9.63. The van der Waals surface area contributed by atoms with E-state index in [2.05, 4.69) is 15.0 Å². The van der Waals surface area contributed by atoms with Crippen molar-refractivity contribution in [1.82, 2.24) is 10.3 Å². The van der Waals surface area contributed by atoms with Gasteiger partial charge < -0.3 is 20.1 Å². The van der Waals surface area contributed by atoms with Gasteiger partial charge in [0.15, 0.2) is 0 Å². The van der Waals surface area contributed by atoms with Gasteiger partial charge in [-0.25, -0.2) is 4.79 Å². The first-order valence-electron chi connectivity index (χ1n) is 5.98. The normalized spacial score (nSPS) is 11.5. The van der Waals surface area contributed by atoms with E-state index in [1.54, 1.807) is 0 Å². The molecule has 0 fully saturated rings. The molecule has 0 spiro atoms. The van der Waals surface area contributed by atoms with Crippen LogP contribution in [0.5, 0.6) is 0 Å². The molecule has 118 valence electrons. The molecule has 0 aromatic carbocycles. The van der Waals surface area contributed by atoms with E-state index in [4.69, 9.17) is 5.11 Å². The molecule has 9 heteroatoms. The molecule has 0 aliphatic rings. The smallest absolute Gasteiger partial charge is 0.411 e. The maximum atomic E-state index is 11.9. The zero-order chi connectivity index (χ0) is 16.2. The number of rotatable bonds is 6. The molecular formula is C12H15F3N2O4. The number of carboxylic acids is 1. The Labute approximate surface area is 118 Å². The Hall–Kier alpha value is -2.03. The quantitative estimate of drug-likeness (QED) is 0.697. The number of aromatic amines is 1. The van der Waals surface area contributed by atoms with Gasteiger partial charge in [-0.1, -0.05) is 0 Å². The number of aromatic carboxylic acids is 1. The van der Waals surface area contributed by atoms with Crippen LogP contribution in [0.1, 0.15) is 32.1 Å². The lowest BCUT2D eigenvalue weighted by Gasteiger charge is -2.09. The fraction of sp³-hybridized carbons (Fsp3) is 0.500. The van der Waals surface area contributed by atoms with Crippen molar-refractivity contribution in [1.29, 1.82) is 0 Å². The van der Waals surface area contributed by atoms with E-state index in [0.29, 0.717) is 5.69 Å². The number of ether oxygens (including phenoxy) is 1. The molecule has 1 amide bonds. The van der Waals surface area contributed by atoms with E-state index >= 15 is 0 Å². The van der Waals surface area contributed by atoms with Gasteiger partial charge in [0.1, 0.15) is 12.3 Å². The highest BCUT2D eigenvalue weighted by molar-refractivity contribution is 6.00. The SMILES string of the molecule is Cc1[nH]c(C(=O)O)c(C)c1C(=O)NCCOCC(F)(F)F. The van der Waals surface area contributed by atoms with Crippen molar-refractivity contribution < 1.29 is 32.6 Å². The van der Waals surface area contributed by atoms with Crippen LogP contribution in [0, 0.1) is 13.8 Å². The highest BCUT2D eigenvalue weighted by Gasteiger charge is 2.27. The van der Waals surface area contributed by atoms with E-state index in [9.17, 15) is 22.8 Å². The zero-order valence-electron chi connectivity index (χ0n) is 11.4. The largest absolute Gasteiger partial charge is 0.477 e. The number of carbonyl (C=O) groups is 2. The second-order valence-corrected chi connectivity index (χ2v) is 4.35. The third-order valence-corrected chi connectivity index (χ3v) is 2.68. The minimum Gasteiger partial charge on any atom is -0.477 e. The standard InChI is InChI=1S/C12H15F3N2O4/c1-6-8(7(2)17-9(6)11(19)20)10(18)16-3-4-21-5-12(13,14)15/h17H,3-5H2,1-2H3,(H,16,18)(H,19,20). The van der Waals surface area contributed by atoms with E-state index in [-0.39, 0.29) is 30.0 Å². The number of amides is 1. The molecule has 0 bridgehead atoms. The molecule has 1 aromatic rings. The van der Waals surface area contributed by atoms with Crippen molar-refractivity contribution in [3.05, 3.63) is 22.5 Å². The van der Waals surface area contributed by atoms with Gasteiger partial charge in [-0.05, 0) is 19.4 Å². The van der Waals surface area contributed by atoms with E-state index in [0.717, 1.165) is 0 Å². The van der Waals surface area contributed by atoms with Crippen LogP contribution in [0.3, 0.4) is 0 Å². The summed E-state index contributed by atoms with van der Waals surface area (Å²) in [5.41, 5.74) is 0.724. The molecule has 3 N–H and O–H groups in total. The van der Waals surface area contributed by atoms with Crippen LogP contribution in [0.25, 0.3) is 0 Å². The molecule has 0 radical (unpaired) electrons. The topological polar surface area (TPSA) is 91.4 Å². The molecule has 0 aliphatic carbocycles. The summed E-state index contributed by atoms with van der Waals surface area (Å²) in [6.07, 6.45) is -4.41. The Morgan fingerprint density at radius 2 is 1.95 bits per heavy atom. The first kappa shape index (κ1) is 17.0.